The molecule has 6 nitrogen and oxygen atoms in total. The van der Waals surface area contributed by atoms with Crippen LogP contribution in [0.1, 0.15) is 30.8 Å². The molecule has 1 fully saturated rings. The molecule has 3 rings (SSSR count). The van der Waals surface area contributed by atoms with Gasteiger partial charge < -0.3 is 9.64 Å². The first-order chi connectivity index (χ1) is 11.6. The first-order valence-electron chi connectivity index (χ1n) is 7.71. The van der Waals surface area contributed by atoms with Gasteiger partial charge in [0.15, 0.2) is 0 Å². The Morgan fingerprint density at radius 2 is 2.17 bits per heavy atom. The summed E-state index contributed by atoms with van der Waals surface area (Å²) in [7, 11) is 1.63. The van der Waals surface area contributed by atoms with Crippen molar-refractivity contribution < 1.29 is 13.9 Å². The average molecular weight is 330 g/mol. The highest BCUT2D eigenvalue weighted by Crippen LogP contribution is 2.31. The Kier molecular flexibility index (Phi) is 4.71. The van der Waals surface area contributed by atoms with Crippen LogP contribution < -0.4 is 0 Å². The van der Waals surface area contributed by atoms with Crippen LogP contribution in [0.15, 0.2) is 36.7 Å². The predicted molar refractivity (Wildman–Crippen MR) is 86.3 cm³/mol. The predicted octanol–water partition coefficient (Wildman–Crippen LogP) is 2.34. The highest BCUT2D eigenvalue weighted by molar-refractivity contribution is 5.95. The molecule has 2 heterocycles. The molecule has 0 unspecified atom stereocenters. The van der Waals surface area contributed by atoms with Crippen molar-refractivity contribution >= 4 is 11.5 Å². The summed E-state index contributed by atoms with van der Waals surface area (Å²) in [4.78, 5) is 18.6. The summed E-state index contributed by atoms with van der Waals surface area (Å²) in [6.07, 6.45) is 3.62. The van der Waals surface area contributed by atoms with E-state index in [0.29, 0.717) is 18.8 Å². The van der Waals surface area contributed by atoms with Crippen LogP contribution in [0.5, 0.6) is 0 Å². The number of carbonyl (C=O) groups excluding carboxylic acids is 1. The number of aromatic amines is 1. The van der Waals surface area contributed by atoms with Gasteiger partial charge in [0.25, 0.3) is 0 Å². The number of nitrogens with one attached hydrogen (secondary N) is 1. The van der Waals surface area contributed by atoms with Crippen LogP contribution in [-0.4, -0.2) is 45.7 Å². The van der Waals surface area contributed by atoms with Crippen LogP contribution in [-0.2, 0) is 9.53 Å². The van der Waals surface area contributed by atoms with Crippen LogP contribution in [0, 0.1) is 5.82 Å². The zero-order chi connectivity index (χ0) is 17.1. The molecule has 0 aliphatic carbocycles. The van der Waals surface area contributed by atoms with Gasteiger partial charge in [-0.1, -0.05) is 12.1 Å². The van der Waals surface area contributed by atoms with Crippen molar-refractivity contribution in [1.29, 1.82) is 0 Å². The molecule has 1 N–H and O–H groups in total. The molecule has 126 valence electrons. The van der Waals surface area contributed by atoms with Crippen molar-refractivity contribution in [2.45, 2.75) is 25.5 Å². The summed E-state index contributed by atoms with van der Waals surface area (Å²) in [5.74, 6) is 0.222. The van der Waals surface area contributed by atoms with Crippen molar-refractivity contribution in [1.82, 2.24) is 20.1 Å². The molecule has 0 bridgehead atoms. The molecule has 2 atom stereocenters. The normalized spacial score (nSPS) is 21.3. The minimum atomic E-state index is -0.300. The summed E-state index contributed by atoms with van der Waals surface area (Å²) in [6.45, 7) is 2.33. The maximum atomic E-state index is 13.0. The van der Waals surface area contributed by atoms with Gasteiger partial charge in [0.05, 0.1) is 12.1 Å². The number of H-pyrrole nitrogens is 1. The van der Waals surface area contributed by atoms with Gasteiger partial charge >= 0.3 is 0 Å². The Morgan fingerprint density at radius 1 is 1.42 bits per heavy atom. The lowest BCUT2D eigenvalue weighted by Gasteiger charge is -2.21. The van der Waals surface area contributed by atoms with E-state index in [-0.39, 0.29) is 23.9 Å². The minimum absolute atomic E-state index is 0.0384. The number of hydrogen-bond donors (Lipinski definition) is 1. The number of hydrogen-bond acceptors (Lipinski definition) is 4. The Bertz CT molecular complexity index is 728. The maximum Gasteiger partial charge on any atom is 0.247 e. The lowest BCUT2D eigenvalue weighted by molar-refractivity contribution is -0.127. The Hall–Kier alpha value is -2.54. The minimum Gasteiger partial charge on any atom is -0.380 e. The number of amides is 1. The number of allylic oxidation sites excluding steroid dienone is 1. The third kappa shape index (κ3) is 3.35. The largest absolute Gasteiger partial charge is 0.380 e. The summed E-state index contributed by atoms with van der Waals surface area (Å²) in [6, 6.07) is 5.88. The zero-order valence-corrected chi connectivity index (χ0v) is 13.6. The molecule has 24 heavy (non-hydrogen) atoms. The number of nitrogens with zero attached hydrogens (tertiary/aromatic N) is 3. The van der Waals surface area contributed by atoms with Gasteiger partial charge in [0.1, 0.15) is 18.0 Å². The molecular formula is C17H19FN4O2. The second kappa shape index (κ2) is 6.92. The molecule has 1 amide bonds. The number of likely N-dealkylation sites (tertiary alicyclic amines) is 1. The van der Waals surface area contributed by atoms with E-state index in [1.807, 2.05) is 6.92 Å². The lowest BCUT2D eigenvalue weighted by Crippen LogP contribution is -2.31. The third-order valence-corrected chi connectivity index (χ3v) is 4.27. The lowest BCUT2D eigenvalue weighted by atomic mass is 10.1. The molecule has 1 aliphatic heterocycles. The fourth-order valence-electron chi connectivity index (χ4n) is 2.91. The number of rotatable bonds is 4. The monoisotopic (exact) mass is 330 g/mol. The zero-order valence-electron chi connectivity index (χ0n) is 13.6. The second-order valence-electron chi connectivity index (χ2n) is 5.80. The molecule has 1 aromatic carbocycles. The fraction of sp³-hybridized carbons (Fsp3) is 0.353. The number of halogens is 1. The van der Waals surface area contributed by atoms with Gasteiger partial charge in [0.2, 0.25) is 5.91 Å². The first-order valence-corrected chi connectivity index (χ1v) is 7.71. The van der Waals surface area contributed by atoms with E-state index in [4.69, 9.17) is 4.74 Å². The van der Waals surface area contributed by atoms with Crippen LogP contribution in [0.25, 0.3) is 5.57 Å². The van der Waals surface area contributed by atoms with E-state index in [1.165, 1.54) is 18.5 Å². The number of methoxy groups -OCH3 is 1. The van der Waals surface area contributed by atoms with Crippen molar-refractivity contribution in [3.63, 3.8) is 0 Å². The van der Waals surface area contributed by atoms with Crippen LogP contribution in [0.2, 0.25) is 0 Å². The SMILES string of the molecule is CO[C@@H]1C[C@@H](c2ncn[nH]2)N(C(=O)/C=C(\C)c2ccc(F)cc2)C1. The highest BCUT2D eigenvalue weighted by atomic mass is 19.1. The quantitative estimate of drug-likeness (QED) is 0.874. The Morgan fingerprint density at radius 3 is 2.79 bits per heavy atom. The molecule has 0 spiro atoms. The van der Waals surface area contributed by atoms with E-state index in [0.717, 1.165) is 11.1 Å². The second-order valence-corrected chi connectivity index (χ2v) is 5.80. The van der Waals surface area contributed by atoms with Crippen molar-refractivity contribution in [3.8, 4) is 0 Å². The summed E-state index contributed by atoms with van der Waals surface area (Å²) >= 11 is 0. The van der Waals surface area contributed by atoms with Gasteiger partial charge in [-0.25, -0.2) is 9.37 Å². The molecule has 0 saturated carbocycles. The molecule has 0 radical (unpaired) electrons. The van der Waals surface area contributed by atoms with Gasteiger partial charge in [0, 0.05) is 26.2 Å². The highest BCUT2D eigenvalue weighted by Gasteiger charge is 2.37. The Labute approximate surface area is 139 Å². The van der Waals surface area contributed by atoms with E-state index in [9.17, 15) is 9.18 Å². The molecule has 1 aliphatic rings. The summed E-state index contributed by atoms with van der Waals surface area (Å²) < 4.78 is 18.4. The van der Waals surface area contributed by atoms with Gasteiger partial charge in [-0.2, -0.15) is 5.10 Å². The van der Waals surface area contributed by atoms with Gasteiger partial charge in [-0.3, -0.25) is 9.89 Å². The number of benzene rings is 1. The smallest absolute Gasteiger partial charge is 0.247 e. The number of carbonyl (C=O) groups is 1. The average Bonchev–Trinajstić information content (AvgIpc) is 3.24. The van der Waals surface area contributed by atoms with Crippen LogP contribution >= 0.6 is 0 Å². The van der Waals surface area contributed by atoms with Gasteiger partial charge in [-0.15, -0.1) is 0 Å². The van der Waals surface area contributed by atoms with Crippen molar-refractivity contribution in [2.24, 2.45) is 0 Å². The van der Waals surface area contributed by atoms with Crippen molar-refractivity contribution in [2.75, 3.05) is 13.7 Å². The fourth-order valence-corrected chi connectivity index (χ4v) is 2.91. The number of ether oxygens (including phenoxy) is 1. The summed E-state index contributed by atoms with van der Waals surface area (Å²) in [5, 5.41) is 6.69. The van der Waals surface area contributed by atoms with Crippen LogP contribution in [0.3, 0.4) is 0 Å². The van der Waals surface area contributed by atoms with Gasteiger partial charge in [-0.05, 0) is 30.2 Å². The van der Waals surface area contributed by atoms with Crippen LogP contribution in [0.4, 0.5) is 4.39 Å². The molecule has 7 heteroatoms. The molecular weight excluding hydrogens is 311 g/mol. The molecule has 2 aromatic rings. The van der Waals surface area contributed by atoms with E-state index < -0.39 is 0 Å². The van der Waals surface area contributed by atoms with E-state index in [2.05, 4.69) is 15.2 Å². The Balaban J connectivity index is 1.81. The standard InChI is InChI=1S/C17H19FN4O2/c1-11(12-3-5-13(18)6-4-12)7-16(23)22-9-14(24-2)8-15(22)17-19-10-20-21-17/h3-7,10,14-15H,8-9H2,1-2H3,(H,19,20,21)/b11-7+/t14-,15+/m1/s1. The summed E-state index contributed by atoms with van der Waals surface area (Å²) in [5.41, 5.74) is 1.58. The third-order valence-electron chi connectivity index (χ3n) is 4.27. The van der Waals surface area contributed by atoms with Crippen molar-refractivity contribution in [3.05, 3.63) is 53.9 Å². The maximum absolute atomic E-state index is 13.0. The number of aromatic nitrogens is 3. The van der Waals surface area contributed by atoms with E-state index in [1.54, 1.807) is 30.2 Å². The molecule has 1 saturated heterocycles. The molecule has 1 aromatic heterocycles. The first kappa shape index (κ1) is 16.3. The van der Waals surface area contributed by atoms with E-state index >= 15 is 0 Å². The topological polar surface area (TPSA) is 71.1 Å².